The van der Waals surface area contributed by atoms with Crippen LogP contribution >= 0.6 is 0 Å². The molecule has 1 N–H and O–H groups in total. The zero-order valence-corrected chi connectivity index (χ0v) is 16.5. The van der Waals surface area contributed by atoms with Gasteiger partial charge in [-0.05, 0) is 49.0 Å². The first kappa shape index (κ1) is 20.5. The molecule has 1 aromatic heterocycles. The minimum absolute atomic E-state index is 0.0628. The molecule has 0 aliphatic rings. The second-order valence-electron chi connectivity index (χ2n) is 6.66. The Kier molecular flexibility index (Phi) is 6.92. The zero-order valence-electron chi connectivity index (χ0n) is 16.5. The van der Waals surface area contributed by atoms with Crippen LogP contribution in [0.15, 0.2) is 72.9 Å². The van der Waals surface area contributed by atoms with Crippen molar-refractivity contribution in [2.75, 3.05) is 13.6 Å². The maximum absolute atomic E-state index is 13.0. The monoisotopic (exact) mass is 393 g/mol. The predicted molar refractivity (Wildman–Crippen MR) is 110 cm³/mol. The maximum atomic E-state index is 13.0. The molecule has 1 unspecified atom stereocenters. The van der Waals surface area contributed by atoms with Gasteiger partial charge in [0.2, 0.25) is 11.8 Å². The highest BCUT2D eigenvalue weighted by molar-refractivity contribution is 5.83. The third kappa shape index (κ3) is 5.62. The molecule has 0 aliphatic heterocycles. The molecule has 0 saturated heterocycles. The molecule has 1 atom stereocenters. The lowest BCUT2D eigenvalue weighted by Crippen LogP contribution is -2.38. The summed E-state index contributed by atoms with van der Waals surface area (Å²) in [5.41, 5.74) is 1.81. The minimum atomic E-state index is -0.352. The number of likely N-dealkylation sites (N-methyl/N-ethyl adjacent to an activating group) is 1. The van der Waals surface area contributed by atoms with E-state index >= 15 is 0 Å². The summed E-state index contributed by atoms with van der Waals surface area (Å²) in [7, 11) is 1.93. The third-order valence-corrected chi connectivity index (χ3v) is 4.60. The van der Waals surface area contributed by atoms with Crippen molar-refractivity contribution in [1.29, 1.82) is 0 Å². The lowest BCUT2D eigenvalue weighted by molar-refractivity contribution is -0.126. The fourth-order valence-electron chi connectivity index (χ4n) is 2.91. The van der Waals surface area contributed by atoms with Crippen molar-refractivity contribution in [1.82, 2.24) is 15.2 Å². The van der Waals surface area contributed by atoms with Crippen LogP contribution in [-0.2, 0) is 11.3 Å². The second kappa shape index (κ2) is 9.80. The Bertz CT molecular complexity index is 915. The first-order valence-electron chi connectivity index (χ1n) is 9.48. The number of carbonyl (C=O) groups is 1. The molecule has 2 aromatic carbocycles. The fourth-order valence-corrected chi connectivity index (χ4v) is 2.91. The maximum Gasteiger partial charge on any atom is 0.242 e. The summed E-state index contributed by atoms with van der Waals surface area (Å²) < 4.78 is 18.5. The van der Waals surface area contributed by atoms with Gasteiger partial charge >= 0.3 is 0 Å². The van der Waals surface area contributed by atoms with Crippen LogP contribution in [0, 0.1) is 5.82 Å². The van der Waals surface area contributed by atoms with E-state index in [1.165, 1.54) is 12.1 Å². The van der Waals surface area contributed by atoms with Crippen molar-refractivity contribution in [3.05, 3.63) is 89.9 Å². The molecule has 3 aromatic rings. The number of rotatable bonds is 8. The van der Waals surface area contributed by atoms with E-state index in [1.807, 2.05) is 55.3 Å². The third-order valence-electron chi connectivity index (χ3n) is 4.60. The van der Waals surface area contributed by atoms with E-state index in [9.17, 15) is 9.18 Å². The van der Waals surface area contributed by atoms with Gasteiger partial charge in [-0.25, -0.2) is 9.37 Å². The number of nitrogens with one attached hydrogen (secondary N) is 1. The van der Waals surface area contributed by atoms with Crippen molar-refractivity contribution in [3.8, 4) is 11.6 Å². The number of hydrogen-bond acceptors (Lipinski definition) is 4. The molecule has 150 valence electrons. The largest absolute Gasteiger partial charge is 0.439 e. The average molecular weight is 393 g/mol. The quantitative estimate of drug-likeness (QED) is 0.619. The highest BCUT2D eigenvalue weighted by Crippen LogP contribution is 2.21. The Morgan fingerprint density at radius 3 is 2.45 bits per heavy atom. The van der Waals surface area contributed by atoms with Crippen LogP contribution in [-0.4, -0.2) is 29.4 Å². The second-order valence-corrected chi connectivity index (χ2v) is 6.66. The van der Waals surface area contributed by atoms with Crippen LogP contribution in [0.2, 0.25) is 0 Å². The molecular formula is C23H24FN3O2. The topological polar surface area (TPSA) is 54.5 Å². The molecule has 0 fully saturated rings. The van der Waals surface area contributed by atoms with Gasteiger partial charge in [0.25, 0.3) is 0 Å². The van der Waals surface area contributed by atoms with E-state index in [1.54, 1.807) is 24.4 Å². The van der Waals surface area contributed by atoms with Gasteiger partial charge in [-0.2, -0.15) is 0 Å². The lowest BCUT2D eigenvalue weighted by Gasteiger charge is -2.26. The van der Waals surface area contributed by atoms with Gasteiger partial charge < -0.3 is 10.1 Å². The molecule has 0 bridgehead atoms. The van der Waals surface area contributed by atoms with E-state index in [0.717, 1.165) is 17.7 Å². The number of ether oxygens (including phenoxy) is 1. The molecule has 1 heterocycles. The van der Waals surface area contributed by atoms with Gasteiger partial charge in [0.1, 0.15) is 17.6 Å². The van der Waals surface area contributed by atoms with E-state index in [0.29, 0.717) is 18.2 Å². The van der Waals surface area contributed by atoms with Crippen molar-refractivity contribution in [2.45, 2.75) is 19.5 Å². The van der Waals surface area contributed by atoms with Crippen LogP contribution in [0.4, 0.5) is 4.39 Å². The lowest BCUT2D eigenvalue weighted by atomic mass is 10.0. The summed E-state index contributed by atoms with van der Waals surface area (Å²) >= 11 is 0. The van der Waals surface area contributed by atoms with Gasteiger partial charge in [-0.3, -0.25) is 9.69 Å². The molecule has 0 spiro atoms. The van der Waals surface area contributed by atoms with Gasteiger partial charge in [0, 0.05) is 18.8 Å². The highest BCUT2D eigenvalue weighted by Gasteiger charge is 2.23. The summed E-state index contributed by atoms with van der Waals surface area (Å²) in [6, 6.07) is 18.7. The number of hydrogen-bond donors (Lipinski definition) is 1. The number of amides is 1. The number of nitrogens with zero attached hydrogens (tertiary/aromatic N) is 2. The highest BCUT2D eigenvalue weighted by atomic mass is 19.1. The number of halogens is 1. The summed E-state index contributed by atoms with van der Waals surface area (Å²) in [5, 5.41) is 2.99. The summed E-state index contributed by atoms with van der Waals surface area (Å²) in [6.45, 7) is 3.14. The molecule has 29 heavy (non-hydrogen) atoms. The summed E-state index contributed by atoms with van der Waals surface area (Å²) in [5.74, 6) is 0.527. The van der Waals surface area contributed by atoms with E-state index in [4.69, 9.17) is 4.74 Å². The summed E-state index contributed by atoms with van der Waals surface area (Å²) in [6.07, 6.45) is 1.65. The molecule has 0 radical (unpaired) electrons. The van der Waals surface area contributed by atoms with E-state index in [-0.39, 0.29) is 17.8 Å². The smallest absolute Gasteiger partial charge is 0.242 e. The molecule has 0 aliphatic carbocycles. The van der Waals surface area contributed by atoms with Crippen molar-refractivity contribution < 1.29 is 13.9 Å². The molecule has 1 amide bonds. The van der Waals surface area contributed by atoms with Gasteiger partial charge in [-0.1, -0.05) is 43.3 Å². The molecule has 5 nitrogen and oxygen atoms in total. The standard InChI is InChI=1S/C23H24FN3O2/c1-3-27(2)22(18-7-5-4-6-8-18)23(28)26-16-17-9-14-21(25-15-17)29-20-12-10-19(24)11-13-20/h4-15,22H,3,16H2,1-2H3,(H,26,28). The van der Waals surface area contributed by atoms with Crippen LogP contribution in [0.3, 0.4) is 0 Å². The normalized spacial score (nSPS) is 11.9. The first-order valence-corrected chi connectivity index (χ1v) is 9.48. The SMILES string of the molecule is CCN(C)C(C(=O)NCc1ccc(Oc2ccc(F)cc2)nc1)c1ccccc1. The number of carbonyl (C=O) groups excluding carboxylic acids is 1. The predicted octanol–water partition coefficient (Wildman–Crippen LogP) is 4.32. The van der Waals surface area contributed by atoms with Crippen molar-refractivity contribution in [3.63, 3.8) is 0 Å². The molecule has 0 saturated carbocycles. The Morgan fingerprint density at radius 2 is 1.83 bits per heavy atom. The Hall–Kier alpha value is -3.25. The molecular weight excluding hydrogens is 369 g/mol. The van der Waals surface area contributed by atoms with Crippen molar-refractivity contribution in [2.24, 2.45) is 0 Å². The van der Waals surface area contributed by atoms with Gasteiger partial charge in [-0.15, -0.1) is 0 Å². The number of pyridine rings is 1. The summed E-state index contributed by atoms with van der Waals surface area (Å²) in [4.78, 5) is 19.1. The van der Waals surface area contributed by atoms with Crippen LogP contribution < -0.4 is 10.1 Å². The van der Waals surface area contributed by atoms with Gasteiger partial charge in [0.05, 0.1) is 0 Å². The number of aromatic nitrogens is 1. The Labute approximate surface area is 170 Å². The fraction of sp³-hybridized carbons (Fsp3) is 0.217. The number of benzene rings is 2. The Morgan fingerprint density at radius 1 is 1.10 bits per heavy atom. The van der Waals surface area contributed by atoms with E-state index < -0.39 is 0 Å². The average Bonchev–Trinajstić information content (AvgIpc) is 2.75. The molecule has 6 heteroatoms. The zero-order chi connectivity index (χ0) is 20.6. The van der Waals surface area contributed by atoms with Crippen LogP contribution in [0.25, 0.3) is 0 Å². The minimum Gasteiger partial charge on any atom is -0.439 e. The molecule has 3 rings (SSSR count). The van der Waals surface area contributed by atoms with E-state index in [2.05, 4.69) is 10.3 Å². The van der Waals surface area contributed by atoms with Crippen LogP contribution in [0.1, 0.15) is 24.1 Å². The van der Waals surface area contributed by atoms with Crippen molar-refractivity contribution >= 4 is 5.91 Å². The van der Waals surface area contributed by atoms with Gasteiger partial charge in [0.15, 0.2) is 0 Å². The van der Waals surface area contributed by atoms with Crippen LogP contribution in [0.5, 0.6) is 11.6 Å². The first-order chi connectivity index (χ1) is 14.1. The Balaban J connectivity index is 1.61.